The standard InChI is InChI=1S/C22H24N2O3S.C2H6/c25-14-13-24(12-10-19-2-1-3-20-11-15-28-22(19)20)16-18-6-4-17(5-7-18)8-9-21(26)23-27;1-2/h1-9,11,15,25,27H,10,12-14,16H2,(H,23,26);1-2H3/b9-8+;. The van der Waals surface area contributed by atoms with E-state index in [4.69, 9.17) is 5.21 Å². The summed E-state index contributed by atoms with van der Waals surface area (Å²) in [5.41, 5.74) is 4.94. The molecule has 5 nitrogen and oxygen atoms in total. The lowest BCUT2D eigenvalue weighted by molar-refractivity contribution is -0.124. The van der Waals surface area contributed by atoms with Crippen LogP contribution < -0.4 is 5.48 Å². The molecule has 3 rings (SSSR count). The molecule has 0 saturated heterocycles. The molecule has 0 aliphatic rings. The van der Waals surface area contributed by atoms with Gasteiger partial charge in [0.1, 0.15) is 0 Å². The normalized spacial score (nSPS) is 11.0. The first-order valence-electron chi connectivity index (χ1n) is 10.2. The van der Waals surface area contributed by atoms with Crippen molar-refractivity contribution >= 4 is 33.4 Å². The first-order chi connectivity index (χ1) is 14.7. The van der Waals surface area contributed by atoms with Crippen LogP contribution in [0, 0.1) is 0 Å². The van der Waals surface area contributed by atoms with Gasteiger partial charge in [-0.3, -0.25) is 14.9 Å². The van der Waals surface area contributed by atoms with Crippen molar-refractivity contribution in [1.29, 1.82) is 0 Å². The van der Waals surface area contributed by atoms with Crippen molar-refractivity contribution in [3.05, 3.63) is 76.7 Å². The SMILES string of the molecule is CC.O=C(/C=C/c1ccc(CN(CCO)CCc2cccc3ccsc23)cc1)NO. The molecule has 1 heterocycles. The summed E-state index contributed by atoms with van der Waals surface area (Å²) in [5.74, 6) is -0.557. The van der Waals surface area contributed by atoms with Gasteiger partial charge in [-0.15, -0.1) is 11.3 Å². The Morgan fingerprint density at radius 2 is 1.87 bits per heavy atom. The van der Waals surface area contributed by atoms with E-state index in [0.29, 0.717) is 6.54 Å². The zero-order valence-corrected chi connectivity index (χ0v) is 18.4. The highest BCUT2D eigenvalue weighted by Gasteiger charge is 2.08. The molecule has 0 aliphatic carbocycles. The summed E-state index contributed by atoms with van der Waals surface area (Å²) in [6.45, 7) is 6.37. The fraction of sp³-hybridized carbons (Fsp3) is 0.292. The number of fused-ring (bicyclic) bond motifs is 1. The van der Waals surface area contributed by atoms with Crippen LogP contribution in [0.2, 0.25) is 0 Å². The molecule has 0 bridgehead atoms. The predicted molar refractivity (Wildman–Crippen MR) is 125 cm³/mol. The maximum Gasteiger partial charge on any atom is 0.267 e. The van der Waals surface area contributed by atoms with Gasteiger partial charge < -0.3 is 5.11 Å². The summed E-state index contributed by atoms with van der Waals surface area (Å²) >= 11 is 1.77. The summed E-state index contributed by atoms with van der Waals surface area (Å²) in [4.78, 5) is 13.3. The first kappa shape index (κ1) is 23.8. The molecule has 3 N–H and O–H groups in total. The van der Waals surface area contributed by atoms with Gasteiger partial charge in [-0.05, 0) is 46.0 Å². The fourth-order valence-electron chi connectivity index (χ4n) is 3.14. The van der Waals surface area contributed by atoms with Gasteiger partial charge in [-0.25, -0.2) is 5.48 Å². The Hall–Kier alpha value is -2.51. The van der Waals surface area contributed by atoms with Gasteiger partial charge in [0.15, 0.2) is 0 Å². The number of thiophene rings is 1. The van der Waals surface area contributed by atoms with E-state index >= 15 is 0 Å². The zero-order valence-electron chi connectivity index (χ0n) is 17.5. The van der Waals surface area contributed by atoms with Gasteiger partial charge in [0, 0.05) is 30.4 Å². The Morgan fingerprint density at radius 1 is 1.10 bits per heavy atom. The van der Waals surface area contributed by atoms with Gasteiger partial charge in [0.25, 0.3) is 5.91 Å². The molecule has 0 fully saturated rings. The number of amides is 1. The molecule has 3 aromatic rings. The lowest BCUT2D eigenvalue weighted by atomic mass is 10.1. The third-order valence-electron chi connectivity index (χ3n) is 4.60. The largest absolute Gasteiger partial charge is 0.395 e. The summed E-state index contributed by atoms with van der Waals surface area (Å²) in [6.07, 6.45) is 3.86. The number of aliphatic hydroxyl groups is 1. The predicted octanol–water partition coefficient (Wildman–Crippen LogP) is 4.48. The molecule has 0 aliphatic heterocycles. The minimum absolute atomic E-state index is 0.125. The van der Waals surface area contributed by atoms with E-state index in [9.17, 15) is 9.90 Å². The highest BCUT2D eigenvalue weighted by atomic mass is 32.1. The topological polar surface area (TPSA) is 72.8 Å². The number of benzene rings is 2. The Bertz CT molecular complexity index is 935. The molecule has 0 atom stereocenters. The summed E-state index contributed by atoms with van der Waals surface area (Å²) in [6, 6.07) is 16.5. The van der Waals surface area contributed by atoms with Gasteiger partial charge in [0.05, 0.1) is 6.61 Å². The molecule has 1 amide bonds. The smallest absolute Gasteiger partial charge is 0.267 e. The molecule has 30 heavy (non-hydrogen) atoms. The van der Waals surface area contributed by atoms with E-state index in [-0.39, 0.29) is 6.61 Å². The molecule has 2 aromatic carbocycles. The minimum atomic E-state index is -0.557. The van der Waals surface area contributed by atoms with Crippen LogP contribution in [-0.2, 0) is 17.8 Å². The lowest BCUT2D eigenvalue weighted by Crippen LogP contribution is -2.28. The van der Waals surface area contributed by atoms with Crippen LogP contribution in [0.15, 0.2) is 60.0 Å². The maximum atomic E-state index is 11.0. The van der Waals surface area contributed by atoms with E-state index in [2.05, 4.69) is 34.5 Å². The Kier molecular flexibility index (Phi) is 10.2. The summed E-state index contributed by atoms with van der Waals surface area (Å²) in [5, 5.41) is 21.4. The van der Waals surface area contributed by atoms with Crippen molar-refractivity contribution in [1.82, 2.24) is 10.4 Å². The van der Waals surface area contributed by atoms with Gasteiger partial charge in [0.2, 0.25) is 0 Å². The number of nitrogens with zero attached hydrogens (tertiary/aromatic N) is 1. The van der Waals surface area contributed by atoms with Crippen molar-refractivity contribution in [3.8, 4) is 0 Å². The number of nitrogens with one attached hydrogen (secondary N) is 1. The zero-order chi connectivity index (χ0) is 21.8. The lowest BCUT2D eigenvalue weighted by Gasteiger charge is -2.21. The monoisotopic (exact) mass is 426 g/mol. The third kappa shape index (κ3) is 7.07. The molecule has 0 radical (unpaired) electrons. The van der Waals surface area contributed by atoms with Crippen molar-refractivity contribution < 1.29 is 15.1 Å². The molecule has 160 valence electrons. The van der Waals surface area contributed by atoms with E-state index in [1.54, 1.807) is 22.9 Å². The van der Waals surface area contributed by atoms with Crippen molar-refractivity contribution in [3.63, 3.8) is 0 Å². The van der Waals surface area contributed by atoms with Crippen LogP contribution in [-0.4, -0.2) is 40.8 Å². The van der Waals surface area contributed by atoms with Crippen LogP contribution in [0.1, 0.15) is 30.5 Å². The van der Waals surface area contributed by atoms with Crippen LogP contribution in [0.5, 0.6) is 0 Å². The number of hydrogen-bond donors (Lipinski definition) is 3. The van der Waals surface area contributed by atoms with Crippen LogP contribution in [0.3, 0.4) is 0 Å². The highest BCUT2D eigenvalue weighted by molar-refractivity contribution is 7.17. The average Bonchev–Trinajstić information content (AvgIpc) is 3.28. The van der Waals surface area contributed by atoms with E-state index in [0.717, 1.165) is 30.6 Å². The molecule has 0 spiro atoms. The van der Waals surface area contributed by atoms with Gasteiger partial charge in [-0.1, -0.05) is 56.3 Å². The molecule has 0 saturated carbocycles. The summed E-state index contributed by atoms with van der Waals surface area (Å²) < 4.78 is 1.34. The molecular weight excluding hydrogens is 396 g/mol. The number of carbonyl (C=O) groups is 1. The number of aliphatic hydroxyl groups excluding tert-OH is 1. The van der Waals surface area contributed by atoms with Crippen LogP contribution in [0.4, 0.5) is 0 Å². The average molecular weight is 427 g/mol. The quantitative estimate of drug-likeness (QED) is 0.268. The third-order valence-corrected chi connectivity index (χ3v) is 5.60. The van der Waals surface area contributed by atoms with E-state index in [1.165, 1.54) is 21.7 Å². The molecule has 1 aromatic heterocycles. The second-order valence-corrected chi connectivity index (χ2v) is 7.47. The second-order valence-electron chi connectivity index (χ2n) is 6.56. The van der Waals surface area contributed by atoms with Crippen LogP contribution in [0.25, 0.3) is 16.2 Å². The second kappa shape index (κ2) is 12.9. The number of hydrogen-bond acceptors (Lipinski definition) is 5. The van der Waals surface area contributed by atoms with E-state index < -0.39 is 5.91 Å². The highest BCUT2D eigenvalue weighted by Crippen LogP contribution is 2.25. The first-order valence-corrected chi connectivity index (χ1v) is 11.1. The molecule has 0 unspecified atom stereocenters. The fourth-order valence-corrected chi connectivity index (χ4v) is 4.09. The summed E-state index contributed by atoms with van der Waals surface area (Å²) in [7, 11) is 0. The van der Waals surface area contributed by atoms with Gasteiger partial charge >= 0.3 is 0 Å². The van der Waals surface area contributed by atoms with Gasteiger partial charge in [-0.2, -0.15) is 0 Å². The van der Waals surface area contributed by atoms with Crippen LogP contribution >= 0.6 is 11.3 Å². The molecule has 6 heteroatoms. The van der Waals surface area contributed by atoms with Crippen molar-refractivity contribution in [2.75, 3.05) is 19.7 Å². The Balaban J connectivity index is 0.00000155. The maximum absolute atomic E-state index is 11.0. The van der Waals surface area contributed by atoms with Crippen molar-refractivity contribution in [2.24, 2.45) is 0 Å². The molecular formula is C24H30N2O3S. The Morgan fingerprint density at radius 3 is 2.57 bits per heavy atom. The number of carbonyl (C=O) groups excluding carboxylic acids is 1. The number of rotatable bonds is 9. The number of hydroxylamine groups is 1. The van der Waals surface area contributed by atoms with Crippen molar-refractivity contribution in [2.45, 2.75) is 26.8 Å². The Labute approximate surface area is 182 Å². The minimum Gasteiger partial charge on any atom is -0.395 e. The van der Waals surface area contributed by atoms with E-state index in [1.807, 2.05) is 38.1 Å².